The second-order valence-corrected chi connectivity index (χ2v) is 8.19. The quantitative estimate of drug-likeness (QED) is 0.461. The van der Waals surface area contributed by atoms with Crippen molar-refractivity contribution >= 4 is 38.7 Å². The summed E-state index contributed by atoms with van der Waals surface area (Å²) in [6.07, 6.45) is 7.65. The lowest BCUT2D eigenvalue weighted by Crippen LogP contribution is -2.29. The van der Waals surface area contributed by atoms with E-state index in [1.165, 1.54) is 42.9 Å². The molecule has 1 saturated heterocycles. The molecule has 1 N–H and O–H groups in total. The first-order valence-corrected chi connectivity index (χ1v) is 10.6. The molecule has 1 aliphatic heterocycles. The molecule has 140 valence electrons. The lowest BCUT2D eigenvalue weighted by atomic mass is 10.1. The monoisotopic (exact) mass is 386 g/mol. The summed E-state index contributed by atoms with van der Waals surface area (Å²) in [6.45, 7) is 2.34. The summed E-state index contributed by atoms with van der Waals surface area (Å²) < 4.78 is 0. The molecule has 0 spiro atoms. The highest BCUT2D eigenvalue weighted by Crippen LogP contribution is 2.33. The van der Waals surface area contributed by atoms with E-state index in [1.807, 2.05) is 18.3 Å². The van der Waals surface area contributed by atoms with Crippen LogP contribution in [0, 0.1) is 0 Å². The number of rotatable bonds is 4. The summed E-state index contributed by atoms with van der Waals surface area (Å²) in [7, 11) is 0. The molecule has 4 heterocycles. The van der Waals surface area contributed by atoms with Gasteiger partial charge in [0.25, 0.3) is 0 Å². The van der Waals surface area contributed by atoms with Gasteiger partial charge in [-0.05, 0) is 67.8 Å². The number of aromatic nitrogens is 2. The molecule has 3 aromatic heterocycles. The van der Waals surface area contributed by atoms with E-state index >= 15 is 0 Å². The van der Waals surface area contributed by atoms with E-state index in [9.17, 15) is 0 Å². The van der Waals surface area contributed by atoms with Crippen molar-refractivity contribution in [1.29, 1.82) is 0 Å². The molecule has 1 aromatic carbocycles. The summed E-state index contributed by atoms with van der Waals surface area (Å²) in [5.74, 6) is 0.873. The van der Waals surface area contributed by atoms with Crippen molar-refractivity contribution < 1.29 is 0 Å². The second kappa shape index (κ2) is 7.60. The Kier molecular flexibility index (Phi) is 4.67. The zero-order chi connectivity index (χ0) is 18.8. The van der Waals surface area contributed by atoms with E-state index in [2.05, 4.69) is 57.7 Å². The topological polar surface area (TPSA) is 41.1 Å². The van der Waals surface area contributed by atoms with Gasteiger partial charge in [-0.1, -0.05) is 6.07 Å². The Balaban J connectivity index is 1.35. The molecule has 4 aromatic rings. The van der Waals surface area contributed by atoms with Gasteiger partial charge in [-0.2, -0.15) is 0 Å². The number of hydrogen-bond acceptors (Lipinski definition) is 5. The molecule has 0 atom stereocenters. The Bertz CT molecular complexity index is 1070. The standard InChI is InChI=1S/C23H22N4S/c1-2-13-27(14-3-1)20-9-7-19(8-10-20)25-22-11-6-17-15-21(28-23(17)26-22)18-5-4-12-24-16-18/h4-12,15-16H,1-3,13-14H2,(H,25,26). The highest BCUT2D eigenvalue weighted by molar-refractivity contribution is 7.21. The maximum atomic E-state index is 4.81. The van der Waals surface area contributed by atoms with Crippen LogP contribution >= 0.6 is 11.3 Å². The van der Waals surface area contributed by atoms with Crippen LogP contribution in [0.2, 0.25) is 0 Å². The molecule has 1 fully saturated rings. The number of nitrogens with one attached hydrogen (secondary N) is 1. The zero-order valence-electron chi connectivity index (χ0n) is 15.6. The molecule has 0 radical (unpaired) electrons. The Labute approximate surface area is 168 Å². The first-order chi connectivity index (χ1) is 13.8. The van der Waals surface area contributed by atoms with E-state index in [0.29, 0.717) is 0 Å². The number of pyridine rings is 2. The summed E-state index contributed by atoms with van der Waals surface area (Å²) in [6, 6.07) is 19.1. The lowest BCUT2D eigenvalue weighted by molar-refractivity contribution is 0.578. The smallest absolute Gasteiger partial charge is 0.132 e. The molecule has 0 unspecified atom stereocenters. The van der Waals surface area contributed by atoms with Crippen molar-refractivity contribution in [3.63, 3.8) is 0 Å². The van der Waals surface area contributed by atoms with E-state index < -0.39 is 0 Å². The van der Waals surface area contributed by atoms with E-state index in [-0.39, 0.29) is 0 Å². The molecule has 1 aliphatic rings. The molecule has 28 heavy (non-hydrogen) atoms. The lowest BCUT2D eigenvalue weighted by Gasteiger charge is -2.28. The number of thiophene rings is 1. The average Bonchev–Trinajstić information content (AvgIpc) is 3.19. The summed E-state index contributed by atoms with van der Waals surface area (Å²) in [5, 5.41) is 4.60. The maximum absolute atomic E-state index is 4.81. The largest absolute Gasteiger partial charge is 0.372 e. The molecule has 0 saturated carbocycles. The van der Waals surface area contributed by atoms with E-state index in [0.717, 1.165) is 27.3 Å². The van der Waals surface area contributed by atoms with Gasteiger partial charge in [0.05, 0.1) is 0 Å². The number of benzene rings is 1. The van der Waals surface area contributed by atoms with Crippen LogP contribution in [-0.4, -0.2) is 23.1 Å². The van der Waals surface area contributed by atoms with Crippen LogP contribution in [0.5, 0.6) is 0 Å². The fourth-order valence-electron chi connectivity index (χ4n) is 3.69. The van der Waals surface area contributed by atoms with Gasteiger partial charge >= 0.3 is 0 Å². The molecular weight excluding hydrogens is 364 g/mol. The minimum absolute atomic E-state index is 0.873. The van der Waals surface area contributed by atoms with Gasteiger partial charge < -0.3 is 10.2 Å². The number of fused-ring (bicyclic) bond motifs is 1. The van der Waals surface area contributed by atoms with Crippen molar-refractivity contribution in [1.82, 2.24) is 9.97 Å². The minimum Gasteiger partial charge on any atom is -0.372 e. The number of nitrogens with zero attached hydrogens (tertiary/aromatic N) is 3. The Morgan fingerprint density at radius 2 is 1.79 bits per heavy atom. The molecule has 4 nitrogen and oxygen atoms in total. The minimum atomic E-state index is 0.873. The van der Waals surface area contributed by atoms with Crippen LogP contribution in [0.15, 0.2) is 67.0 Å². The van der Waals surface area contributed by atoms with Crippen molar-refractivity contribution in [3.8, 4) is 10.4 Å². The van der Waals surface area contributed by atoms with Crippen LogP contribution in [0.3, 0.4) is 0 Å². The molecule has 0 amide bonds. The summed E-state index contributed by atoms with van der Waals surface area (Å²) in [4.78, 5) is 13.7. The van der Waals surface area contributed by atoms with Crippen molar-refractivity contribution in [2.45, 2.75) is 19.3 Å². The van der Waals surface area contributed by atoms with Crippen molar-refractivity contribution in [2.24, 2.45) is 0 Å². The molecule has 0 bridgehead atoms. The van der Waals surface area contributed by atoms with Crippen LogP contribution < -0.4 is 10.2 Å². The Morgan fingerprint density at radius 3 is 2.57 bits per heavy atom. The SMILES string of the molecule is c1cncc(-c2cc3ccc(Nc4ccc(N5CCCCC5)cc4)nc3s2)c1. The van der Waals surface area contributed by atoms with Crippen LogP contribution in [0.1, 0.15) is 19.3 Å². The van der Waals surface area contributed by atoms with Gasteiger partial charge in [0.1, 0.15) is 10.6 Å². The van der Waals surface area contributed by atoms with E-state index in [4.69, 9.17) is 4.98 Å². The van der Waals surface area contributed by atoms with Crippen LogP contribution in [-0.2, 0) is 0 Å². The normalized spacial score (nSPS) is 14.4. The van der Waals surface area contributed by atoms with Gasteiger partial charge in [-0.25, -0.2) is 4.98 Å². The van der Waals surface area contributed by atoms with Crippen LogP contribution in [0.25, 0.3) is 20.7 Å². The first-order valence-electron chi connectivity index (χ1n) is 9.78. The highest BCUT2D eigenvalue weighted by atomic mass is 32.1. The van der Waals surface area contributed by atoms with E-state index in [1.54, 1.807) is 17.5 Å². The second-order valence-electron chi connectivity index (χ2n) is 7.16. The molecule has 0 aliphatic carbocycles. The third kappa shape index (κ3) is 3.58. The van der Waals surface area contributed by atoms with Gasteiger partial charge in [0.2, 0.25) is 0 Å². The highest BCUT2D eigenvalue weighted by Gasteiger charge is 2.11. The van der Waals surface area contributed by atoms with Crippen molar-refractivity contribution in [2.75, 3.05) is 23.3 Å². The number of hydrogen-bond donors (Lipinski definition) is 1. The third-order valence-electron chi connectivity index (χ3n) is 5.19. The predicted molar refractivity (Wildman–Crippen MR) is 119 cm³/mol. The van der Waals surface area contributed by atoms with Crippen LogP contribution in [0.4, 0.5) is 17.2 Å². The van der Waals surface area contributed by atoms with Gasteiger partial charge in [0, 0.05) is 52.7 Å². The summed E-state index contributed by atoms with van der Waals surface area (Å²) >= 11 is 1.70. The Hall–Kier alpha value is -2.92. The predicted octanol–water partition coefficient (Wildman–Crippen LogP) is 6.09. The van der Waals surface area contributed by atoms with Gasteiger partial charge in [0.15, 0.2) is 0 Å². The number of anilines is 3. The maximum Gasteiger partial charge on any atom is 0.132 e. The molecule has 5 heteroatoms. The fraction of sp³-hybridized carbons (Fsp3) is 0.217. The third-order valence-corrected chi connectivity index (χ3v) is 6.28. The molecular formula is C23H22N4S. The zero-order valence-corrected chi connectivity index (χ0v) is 16.5. The first kappa shape index (κ1) is 17.2. The Morgan fingerprint density at radius 1 is 0.929 bits per heavy atom. The van der Waals surface area contributed by atoms with Gasteiger partial charge in [-0.15, -0.1) is 11.3 Å². The van der Waals surface area contributed by atoms with Gasteiger partial charge in [-0.3, -0.25) is 4.98 Å². The van der Waals surface area contributed by atoms with Crippen molar-refractivity contribution in [3.05, 3.63) is 67.0 Å². The molecule has 5 rings (SSSR count). The number of piperidine rings is 1. The fourth-order valence-corrected chi connectivity index (χ4v) is 4.72. The summed E-state index contributed by atoms with van der Waals surface area (Å²) in [5.41, 5.74) is 3.51. The average molecular weight is 387 g/mol.